The summed E-state index contributed by atoms with van der Waals surface area (Å²) in [5, 5.41) is 11.9. The van der Waals surface area contributed by atoms with Gasteiger partial charge in [-0.3, -0.25) is 0 Å². The van der Waals surface area contributed by atoms with E-state index < -0.39 is 11.7 Å². The van der Waals surface area contributed by atoms with E-state index in [9.17, 15) is 4.79 Å². The van der Waals surface area contributed by atoms with Gasteiger partial charge in [0.05, 0.1) is 25.4 Å². The van der Waals surface area contributed by atoms with Crippen molar-refractivity contribution in [2.45, 2.75) is 24.4 Å². The number of alkyl carbamates (subject to hydrolysis) is 1. The summed E-state index contributed by atoms with van der Waals surface area (Å²) in [6, 6.07) is 16.5. The van der Waals surface area contributed by atoms with Crippen molar-refractivity contribution in [2.75, 3.05) is 39.6 Å². The summed E-state index contributed by atoms with van der Waals surface area (Å²) in [6.45, 7) is 1.98. The molecule has 154 valence electrons. The van der Waals surface area contributed by atoms with Crippen molar-refractivity contribution in [3.63, 3.8) is 0 Å². The van der Waals surface area contributed by atoms with Gasteiger partial charge in [0.1, 0.15) is 6.61 Å². The Bertz CT molecular complexity index is 801. The molecule has 0 spiro atoms. The minimum absolute atomic E-state index is 0.0378. The molecule has 0 aromatic heterocycles. The SMILES string of the molecule is O=C(NCC1(OCCO)CCOCC1)OCC1c2ccccc2-c2ccccc21. The average molecular weight is 397 g/mol. The lowest BCUT2D eigenvalue weighted by molar-refractivity contribution is -0.114. The van der Waals surface area contributed by atoms with Crippen LogP contribution in [0, 0.1) is 0 Å². The van der Waals surface area contributed by atoms with Gasteiger partial charge in [0.25, 0.3) is 0 Å². The fraction of sp³-hybridized carbons (Fsp3) is 0.435. The molecule has 6 heteroatoms. The molecule has 1 saturated heterocycles. The number of amides is 1. The van der Waals surface area contributed by atoms with Crippen molar-refractivity contribution in [2.24, 2.45) is 0 Å². The molecule has 1 aliphatic carbocycles. The van der Waals surface area contributed by atoms with Crippen LogP contribution in [0.1, 0.15) is 29.9 Å². The van der Waals surface area contributed by atoms with Crippen LogP contribution in [0.2, 0.25) is 0 Å². The van der Waals surface area contributed by atoms with Gasteiger partial charge < -0.3 is 24.6 Å². The molecule has 2 aliphatic rings. The first-order chi connectivity index (χ1) is 14.2. The maximum Gasteiger partial charge on any atom is 0.407 e. The van der Waals surface area contributed by atoms with Crippen molar-refractivity contribution in [3.05, 3.63) is 59.7 Å². The van der Waals surface area contributed by atoms with Crippen LogP contribution in [0.5, 0.6) is 0 Å². The summed E-state index contributed by atoms with van der Waals surface area (Å²) in [7, 11) is 0. The van der Waals surface area contributed by atoms with Crippen molar-refractivity contribution < 1.29 is 24.1 Å². The van der Waals surface area contributed by atoms with E-state index in [0.717, 1.165) is 0 Å². The second-order valence-corrected chi connectivity index (χ2v) is 7.55. The highest BCUT2D eigenvalue weighted by Gasteiger charge is 2.34. The lowest BCUT2D eigenvalue weighted by Gasteiger charge is -2.37. The number of rotatable bonds is 7. The number of benzene rings is 2. The zero-order valence-electron chi connectivity index (χ0n) is 16.4. The van der Waals surface area contributed by atoms with Crippen LogP contribution in [-0.2, 0) is 14.2 Å². The van der Waals surface area contributed by atoms with Crippen LogP contribution < -0.4 is 5.32 Å². The van der Waals surface area contributed by atoms with E-state index in [1.165, 1.54) is 22.3 Å². The normalized spacial score (nSPS) is 17.4. The molecule has 2 aromatic rings. The van der Waals surface area contributed by atoms with E-state index in [2.05, 4.69) is 29.6 Å². The zero-order chi connectivity index (χ0) is 20.1. The molecule has 0 radical (unpaired) electrons. The largest absolute Gasteiger partial charge is 0.449 e. The number of nitrogens with one attached hydrogen (secondary N) is 1. The number of fused-ring (bicyclic) bond motifs is 3. The predicted molar refractivity (Wildman–Crippen MR) is 109 cm³/mol. The number of ether oxygens (including phenoxy) is 3. The molecular weight excluding hydrogens is 370 g/mol. The lowest BCUT2D eigenvalue weighted by atomic mass is 9.94. The van der Waals surface area contributed by atoms with E-state index in [4.69, 9.17) is 19.3 Å². The van der Waals surface area contributed by atoms with Crippen LogP contribution in [0.4, 0.5) is 4.79 Å². The quantitative estimate of drug-likeness (QED) is 0.751. The van der Waals surface area contributed by atoms with Gasteiger partial charge >= 0.3 is 6.09 Å². The van der Waals surface area contributed by atoms with Crippen molar-refractivity contribution in [1.29, 1.82) is 0 Å². The number of carbonyl (C=O) groups excluding carboxylic acids is 1. The fourth-order valence-corrected chi connectivity index (χ4v) is 4.26. The molecule has 1 fully saturated rings. The smallest absolute Gasteiger partial charge is 0.407 e. The predicted octanol–water partition coefficient (Wildman–Crippen LogP) is 3.08. The summed E-state index contributed by atoms with van der Waals surface area (Å²) in [5.41, 5.74) is 4.28. The highest BCUT2D eigenvalue weighted by atomic mass is 16.6. The molecule has 29 heavy (non-hydrogen) atoms. The Balaban J connectivity index is 1.37. The number of carbonyl (C=O) groups is 1. The van der Waals surface area contributed by atoms with E-state index in [1.807, 2.05) is 24.3 Å². The van der Waals surface area contributed by atoms with Gasteiger partial charge in [0.15, 0.2) is 0 Å². The Hall–Kier alpha value is -2.41. The second kappa shape index (κ2) is 8.95. The van der Waals surface area contributed by atoms with Crippen molar-refractivity contribution in [1.82, 2.24) is 5.32 Å². The Morgan fingerprint density at radius 1 is 1.07 bits per heavy atom. The highest BCUT2D eigenvalue weighted by Crippen LogP contribution is 2.44. The minimum Gasteiger partial charge on any atom is -0.449 e. The Morgan fingerprint density at radius 3 is 2.31 bits per heavy atom. The monoisotopic (exact) mass is 397 g/mol. The van der Waals surface area contributed by atoms with Crippen LogP contribution in [0.15, 0.2) is 48.5 Å². The molecule has 1 amide bonds. The molecule has 2 N–H and O–H groups in total. The topological polar surface area (TPSA) is 77.0 Å². The Labute approximate surface area is 170 Å². The van der Waals surface area contributed by atoms with Gasteiger partial charge in [-0.25, -0.2) is 4.79 Å². The van der Waals surface area contributed by atoms with Crippen molar-refractivity contribution in [3.8, 4) is 11.1 Å². The fourth-order valence-electron chi connectivity index (χ4n) is 4.26. The van der Waals surface area contributed by atoms with Crippen LogP contribution in [0.3, 0.4) is 0 Å². The summed E-state index contributed by atoms with van der Waals surface area (Å²) >= 11 is 0. The molecule has 0 unspecified atom stereocenters. The number of hydrogen-bond donors (Lipinski definition) is 2. The molecule has 0 atom stereocenters. The van der Waals surface area contributed by atoms with Gasteiger partial charge in [-0.15, -0.1) is 0 Å². The average Bonchev–Trinajstić information content (AvgIpc) is 3.09. The summed E-state index contributed by atoms with van der Waals surface area (Å²) in [5.74, 6) is 0.0378. The van der Waals surface area contributed by atoms with Crippen molar-refractivity contribution >= 4 is 6.09 Å². The standard InChI is InChI=1S/C23H27NO5/c25-11-14-29-23(9-12-27-13-10-23)16-24-22(26)28-15-21-19-7-3-1-5-17(19)18-6-2-4-8-20(18)21/h1-8,21,25H,9-16H2,(H,24,26). The minimum atomic E-state index is -0.507. The molecule has 0 saturated carbocycles. The molecule has 2 aromatic carbocycles. The van der Waals surface area contributed by atoms with E-state index in [-0.39, 0.29) is 25.7 Å². The van der Waals surface area contributed by atoms with Gasteiger partial charge in [0, 0.05) is 32.0 Å². The molecule has 1 heterocycles. The Kier molecular flexibility index (Phi) is 6.13. The summed E-state index contributed by atoms with van der Waals surface area (Å²) in [6.07, 6.45) is 0.901. The first-order valence-electron chi connectivity index (χ1n) is 10.1. The molecule has 1 aliphatic heterocycles. The van der Waals surface area contributed by atoms with E-state index in [0.29, 0.717) is 32.6 Å². The van der Waals surface area contributed by atoms with Crippen LogP contribution in [-0.4, -0.2) is 56.4 Å². The molecule has 6 nitrogen and oxygen atoms in total. The van der Waals surface area contributed by atoms with Gasteiger partial charge in [-0.1, -0.05) is 48.5 Å². The first-order valence-corrected chi connectivity index (χ1v) is 10.1. The van der Waals surface area contributed by atoms with E-state index >= 15 is 0 Å². The van der Waals surface area contributed by atoms with Gasteiger partial charge in [0.2, 0.25) is 0 Å². The Morgan fingerprint density at radius 2 is 1.69 bits per heavy atom. The number of aliphatic hydroxyl groups is 1. The lowest BCUT2D eigenvalue weighted by Crippen LogP contribution is -2.49. The van der Waals surface area contributed by atoms with E-state index in [1.54, 1.807) is 0 Å². The molecule has 0 bridgehead atoms. The maximum absolute atomic E-state index is 12.4. The first kappa shape index (κ1) is 19.9. The molecule has 4 rings (SSSR count). The molecular formula is C23H27NO5. The third-order valence-electron chi connectivity index (χ3n) is 5.80. The second-order valence-electron chi connectivity index (χ2n) is 7.55. The summed E-state index contributed by atoms with van der Waals surface area (Å²) < 4.78 is 16.8. The number of hydrogen-bond acceptors (Lipinski definition) is 5. The maximum atomic E-state index is 12.4. The van der Waals surface area contributed by atoms with Crippen LogP contribution in [0.25, 0.3) is 11.1 Å². The third kappa shape index (κ3) is 4.29. The zero-order valence-corrected chi connectivity index (χ0v) is 16.4. The van der Waals surface area contributed by atoms with Crippen LogP contribution >= 0.6 is 0 Å². The van der Waals surface area contributed by atoms with Gasteiger partial charge in [-0.2, -0.15) is 0 Å². The summed E-state index contributed by atoms with van der Waals surface area (Å²) in [4.78, 5) is 12.4. The van der Waals surface area contributed by atoms with Gasteiger partial charge in [-0.05, 0) is 22.3 Å². The highest BCUT2D eigenvalue weighted by molar-refractivity contribution is 5.79. The number of aliphatic hydroxyl groups excluding tert-OH is 1. The third-order valence-corrected chi connectivity index (χ3v) is 5.80.